The van der Waals surface area contributed by atoms with E-state index < -0.39 is 10.1 Å². The third-order valence-corrected chi connectivity index (χ3v) is 2.54. The van der Waals surface area contributed by atoms with Crippen molar-refractivity contribution in [3.63, 3.8) is 0 Å². The van der Waals surface area contributed by atoms with Crippen LogP contribution in [-0.4, -0.2) is 31.8 Å². The molecular weight excluding hydrogens is 216 g/mol. The molecule has 0 aromatic rings. The van der Waals surface area contributed by atoms with Gasteiger partial charge in [-0.25, -0.2) is 0 Å². The molecule has 15 heavy (non-hydrogen) atoms. The first-order valence-electron chi connectivity index (χ1n) is 5.33. The van der Waals surface area contributed by atoms with Crippen molar-refractivity contribution in [2.24, 2.45) is 11.5 Å². The molecular formula is C9H24N2O3S. The molecule has 0 spiro atoms. The maximum atomic E-state index is 9.79. The summed E-state index contributed by atoms with van der Waals surface area (Å²) in [6, 6.07) is 0. The van der Waals surface area contributed by atoms with Crippen LogP contribution >= 0.6 is 0 Å². The standard InChI is InChI=1S/C6H16N2.C3H8O3S/c7-5-3-1-2-4-6-8;1-2-3-7(4,5)6/h1-8H2;2-3H2,1H3,(H,4,5,6). The second kappa shape index (κ2) is 11.9. The van der Waals surface area contributed by atoms with Gasteiger partial charge in [0.25, 0.3) is 10.1 Å². The first-order valence-corrected chi connectivity index (χ1v) is 6.94. The van der Waals surface area contributed by atoms with E-state index in [9.17, 15) is 8.42 Å². The van der Waals surface area contributed by atoms with E-state index in [0.717, 1.165) is 25.9 Å². The van der Waals surface area contributed by atoms with Crippen LogP contribution in [0.5, 0.6) is 0 Å². The molecule has 0 aliphatic heterocycles. The number of nitrogens with two attached hydrogens (primary N) is 2. The average Bonchev–Trinajstić information content (AvgIpc) is 2.12. The molecule has 0 aromatic heterocycles. The van der Waals surface area contributed by atoms with Crippen LogP contribution in [0.1, 0.15) is 39.0 Å². The van der Waals surface area contributed by atoms with Gasteiger partial charge in [0.15, 0.2) is 0 Å². The Morgan fingerprint density at radius 3 is 1.53 bits per heavy atom. The van der Waals surface area contributed by atoms with E-state index >= 15 is 0 Å². The van der Waals surface area contributed by atoms with Crippen LogP contribution in [0.2, 0.25) is 0 Å². The van der Waals surface area contributed by atoms with E-state index in [0.29, 0.717) is 6.42 Å². The lowest BCUT2D eigenvalue weighted by Gasteiger charge is -1.94. The molecule has 5 nitrogen and oxygen atoms in total. The van der Waals surface area contributed by atoms with Gasteiger partial charge in [-0.15, -0.1) is 0 Å². The van der Waals surface area contributed by atoms with Gasteiger partial charge in [-0.3, -0.25) is 4.55 Å². The predicted octanol–water partition coefficient (Wildman–Crippen LogP) is 0.748. The third-order valence-electron chi connectivity index (χ3n) is 1.62. The number of rotatable bonds is 7. The molecule has 0 heterocycles. The highest BCUT2D eigenvalue weighted by Gasteiger charge is 1.98. The van der Waals surface area contributed by atoms with E-state index in [1.807, 2.05) is 0 Å². The Kier molecular flexibility index (Phi) is 13.7. The van der Waals surface area contributed by atoms with Crippen molar-refractivity contribution >= 4 is 10.1 Å². The Labute approximate surface area is 93.0 Å². The molecule has 0 rings (SSSR count). The maximum absolute atomic E-state index is 9.79. The van der Waals surface area contributed by atoms with E-state index in [-0.39, 0.29) is 5.75 Å². The van der Waals surface area contributed by atoms with Crippen LogP contribution in [0, 0.1) is 0 Å². The van der Waals surface area contributed by atoms with Gasteiger partial charge in [0.05, 0.1) is 5.75 Å². The summed E-state index contributed by atoms with van der Waals surface area (Å²) in [5, 5.41) is 0. The fraction of sp³-hybridized carbons (Fsp3) is 1.00. The zero-order valence-electron chi connectivity index (χ0n) is 9.48. The number of hydrogen-bond acceptors (Lipinski definition) is 4. The normalized spacial score (nSPS) is 10.7. The van der Waals surface area contributed by atoms with Gasteiger partial charge in [-0.1, -0.05) is 19.8 Å². The van der Waals surface area contributed by atoms with Gasteiger partial charge >= 0.3 is 0 Å². The topological polar surface area (TPSA) is 106 Å². The molecule has 94 valence electrons. The molecule has 0 amide bonds. The number of unbranched alkanes of at least 4 members (excludes halogenated alkanes) is 3. The summed E-state index contributed by atoms with van der Waals surface area (Å²) in [5.74, 6) is -0.132. The average molecular weight is 240 g/mol. The zero-order valence-corrected chi connectivity index (χ0v) is 10.3. The molecule has 0 unspecified atom stereocenters. The minimum absolute atomic E-state index is 0.132. The van der Waals surface area contributed by atoms with Crippen molar-refractivity contribution in [3.8, 4) is 0 Å². The van der Waals surface area contributed by atoms with Crippen LogP contribution in [0.4, 0.5) is 0 Å². The molecule has 5 N–H and O–H groups in total. The minimum Gasteiger partial charge on any atom is -0.330 e. The van der Waals surface area contributed by atoms with Crippen LogP contribution in [-0.2, 0) is 10.1 Å². The monoisotopic (exact) mass is 240 g/mol. The summed E-state index contributed by atoms with van der Waals surface area (Å²) in [6.45, 7) is 3.34. The van der Waals surface area contributed by atoms with Crippen molar-refractivity contribution < 1.29 is 13.0 Å². The number of hydrogen-bond donors (Lipinski definition) is 3. The summed E-state index contributed by atoms with van der Waals surface area (Å²) in [4.78, 5) is 0. The molecule has 0 aromatic carbocycles. The molecule has 0 aliphatic rings. The van der Waals surface area contributed by atoms with Crippen molar-refractivity contribution in [3.05, 3.63) is 0 Å². The Morgan fingerprint density at radius 1 is 1.00 bits per heavy atom. The van der Waals surface area contributed by atoms with Gasteiger partial charge in [0, 0.05) is 0 Å². The Morgan fingerprint density at radius 2 is 1.40 bits per heavy atom. The van der Waals surface area contributed by atoms with Crippen molar-refractivity contribution in [1.29, 1.82) is 0 Å². The summed E-state index contributed by atoms with van der Waals surface area (Å²) in [7, 11) is -3.67. The summed E-state index contributed by atoms with van der Waals surface area (Å²) >= 11 is 0. The lowest BCUT2D eigenvalue weighted by Crippen LogP contribution is -2.01. The van der Waals surface area contributed by atoms with Crippen LogP contribution in [0.15, 0.2) is 0 Å². The molecule has 0 aliphatic carbocycles. The van der Waals surface area contributed by atoms with Crippen molar-refractivity contribution in [2.75, 3.05) is 18.8 Å². The van der Waals surface area contributed by atoms with Crippen molar-refractivity contribution in [1.82, 2.24) is 0 Å². The van der Waals surface area contributed by atoms with Gasteiger partial charge in [-0.2, -0.15) is 8.42 Å². The second-order valence-corrected chi connectivity index (χ2v) is 4.85. The summed E-state index contributed by atoms with van der Waals surface area (Å²) in [5.41, 5.74) is 10.6. The smallest absolute Gasteiger partial charge is 0.264 e. The third kappa shape index (κ3) is 24.8. The Balaban J connectivity index is 0. The highest BCUT2D eigenvalue weighted by molar-refractivity contribution is 7.85. The van der Waals surface area contributed by atoms with Gasteiger partial charge < -0.3 is 11.5 Å². The lowest BCUT2D eigenvalue weighted by molar-refractivity contribution is 0.482. The maximum Gasteiger partial charge on any atom is 0.264 e. The van der Waals surface area contributed by atoms with Gasteiger partial charge in [0.1, 0.15) is 0 Å². The van der Waals surface area contributed by atoms with Crippen LogP contribution in [0.25, 0.3) is 0 Å². The highest BCUT2D eigenvalue weighted by Crippen LogP contribution is 1.95. The molecule has 0 fully saturated rings. The van der Waals surface area contributed by atoms with Crippen molar-refractivity contribution in [2.45, 2.75) is 39.0 Å². The van der Waals surface area contributed by atoms with E-state index in [1.165, 1.54) is 12.8 Å². The van der Waals surface area contributed by atoms with Crippen LogP contribution in [0.3, 0.4) is 0 Å². The highest BCUT2D eigenvalue weighted by atomic mass is 32.2. The van der Waals surface area contributed by atoms with Gasteiger partial charge in [0.2, 0.25) is 0 Å². The zero-order chi connectivity index (χ0) is 12.2. The minimum atomic E-state index is -3.67. The van der Waals surface area contributed by atoms with Crippen LogP contribution < -0.4 is 11.5 Å². The largest absolute Gasteiger partial charge is 0.330 e. The van der Waals surface area contributed by atoms with Gasteiger partial charge in [-0.05, 0) is 32.4 Å². The van der Waals surface area contributed by atoms with E-state index in [4.69, 9.17) is 16.0 Å². The molecule has 0 saturated carbocycles. The Bertz CT molecular complexity index is 199. The van der Waals surface area contributed by atoms with E-state index in [2.05, 4.69) is 0 Å². The summed E-state index contributed by atoms with van der Waals surface area (Å²) < 4.78 is 27.6. The fourth-order valence-corrected chi connectivity index (χ4v) is 1.42. The first-order chi connectivity index (χ1) is 6.97. The molecule has 0 saturated heterocycles. The quantitative estimate of drug-likeness (QED) is 0.449. The predicted molar refractivity (Wildman–Crippen MR) is 63.3 cm³/mol. The Hall–Kier alpha value is -0.170. The van der Waals surface area contributed by atoms with E-state index in [1.54, 1.807) is 6.92 Å². The lowest BCUT2D eigenvalue weighted by atomic mass is 10.2. The molecule has 0 atom stereocenters. The molecule has 6 heteroatoms. The summed E-state index contributed by atoms with van der Waals surface area (Å²) in [6.07, 6.45) is 5.26. The molecule has 0 radical (unpaired) electrons. The fourth-order valence-electron chi connectivity index (χ4n) is 0.900. The first kappa shape index (κ1) is 17.2. The second-order valence-electron chi connectivity index (χ2n) is 3.28. The SMILES string of the molecule is CCCS(=O)(=O)O.NCCCCCCN. The molecule has 0 bridgehead atoms.